The van der Waals surface area contributed by atoms with Crippen LogP contribution in [-0.2, 0) is 18.3 Å². The molecule has 0 saturated heterocycles. The molecule has 0 aliphatic heterocycles. The first-order chi connectivity index (χ1) is 17.2. The van der Waals surface area contributed by atoms with Crippen LogP contribution in [0.4, 0.5) is 18.9 Å². The molecule has 0 spiro atoms. The minimum Gasteiger partial charge on any atom is -0.471 e. The average Bonchev–Trinajstić information content (AvgIpc) is 3.42. The number of anilines is 1. The van der Waals surface area contributed by atoms with E-state index in [0.29, 0.717) is 17.1 Å². The fourth-order valence-electron chi connectivity index (χ4n) is 3.64. The molecule has 0 atom stereocenters. The second-order valence-corrected chi connectivity index (χ2v) is 10.4. The fourth-order valence-corrected chi connectivity index (χ4v) is 4.70. The third-order valence-corrected chi connectivity index (χ3v) is 6.67. The van der Waals surface area contributed by atoms with Gasteiger partial charge >= 0.3 is 6.18 Å². The number of carbonyl (C=O) groups excluding carboxylic acids is 2. The van der Waals surface area contributed by atoms with E-state index in [4.69, 9.17) is 10.5 Å². The van der Waals surface area contributed by atoms with E-state index in [2.05, 4.69) is 36.2 Å². The number of fused-ring (bicyclic) bond motifs is 1. The van der Waals surface area contributed by atoms with Crippen LogP contribution in [0.1, 0.15) is 57.8 Å². The lowest BCUT2D eigenvalue weighted by Crippen LogP contribution is -2.18. The van der Waals surface area contributed by atoms with Crippen molar-refractivity contribution >= 4 is 39.1 Å². The van der Waals surface area contributed by atoms with Gasteiger partial charge in [0.2, 0.25) is 0 Å². The third-order valence-electron chi connectivity index (χ3n) is 5.57. The van der Waals surface area contributed by atoms with E-state index in [1.807, 2.05) is 24.3 Å². The highest BCUT2D eigenvalue weighted by Gasteiger charge is 2.34. The lowest BCUT2D eigenvalue weighted by Gasteiger charge is -2.19. The number of thiophene rings is 1. The van der Waals surface area contributed by atoms with Gasteiger partial charge < -0.3 is 15.8 Å². The molecule has 0 aliphatic carbocycles. The summed E-state index contributed by atoms with van der Waals surface area (Å²) in [6, 6.07) is 9.97. The van der Waals surface area contributed by atoms with Gasteiger partial charge in [-0.2, -0.15) is 18.3 Å². The van der Waals surface area contributed by atoms with Crippen LogP contribution in [0, 0.1) is 6.92 Å². The van der Waals surface area contributed by atoms with Gasteiger partial charge in [0.05, 0.1) is 5.69 Å². The number of aryl methyl sites for hydroxylation is 1. The monoisotopic (exact) mass is 531 g/mol. The Kier molecular flexibility index (Phi) is 6.72. The van der Waals surface area contributed by atoms with Crippen LogP contribution in [0.5, 0.6) is 5.75 Å². The number of rotatable bonds is 6. The summed E-state index contributed by atoms with van der Waals surface area (Å²) in [6.45, 7) is 7.82. The standard InChI is InChI=1S/C25H24F3N5O3S/c1-13-11-17(25(26,27)28)30-23-18(13)19(20(37-23)21(29)34)31-22(35)16-9-10-33(32-16)12-36-15-7-5-14(6-8-15)24(2,3)4/h5-11H,12H2,1-4H3,(H2,29,34)(H,31,35). The number of carbonyl (C=O) groups is 2. The quantitative estimate of drug-likeness (QED) is 0.341. The van der Waals surface area contributed by atoms with Crippen molar-refractivity contribution in [1.29, 1.82) is 0 Å². The Hall–Kier alpha value is -3.93. The normalized spacial score (nSPS) is 12.1. The van der Waals surface area contributed by atoms with Gasteiger partial charge in [-0.1, -0.05) is 32.9 Å². The van der Waals surface area contributed by atoms with Crippen LogP contribution in [0.3, 0.4) is 0 Å². The molecular weight excluding hydrogens is 507 g/mol. The summed E-state index contributed by atoms with van der Waals surface area (Å²) in [6.07, 6.45) is -3.12. The van der Waals surface area contributed by atoms with E-state index < -0.39 is 23.7 Å². The lowest BCUT2D eigenvalue weighted by atomic mass is 9.87. The second kappa shape index (κ2) is 9.51. The molecule has 0 fully saturated rings. The Morgan fingerprint density at radius 3 is 2.41 bits per heavy atom. The average molecular weight is 532 g/mol. The van der Waals surface area contributed by atoms with E-state index in [1.165, 1.54) is 17.7 Å². The van der Waals surface area contributed by atoms with E-state index in [-0.39, 0.29) is 44.2 Å². The summed E-state index contributed by atoms with van der Waals surface area (Å²) >= 11 is 0.681. The van der Waals surface area contributed by atoms with Crippen molar-refractivity contribution in [3.8, 4) is 5.75 Å². The number of ether oxygens (including phenoxy) is 1. The molecular formula is C25H24F3N5O3S. The van der Waals surface area contributed by atoms with Gasteiger partial charge in [-0.15, -0.1) is 11.3 Å². The molecule has 0 bridgehead atoms. The van der Waals surface area contributed by atoms with Crippen molar-refractivity contribution < 1.29 is 27.5 Å². The fraction of sp³-hybridized carbons (Fsp3) is 0.280. The molecule has 3 aromatic heterocycles. The van der Waals surface area contributed by atoms with Gasteiger partial charge in [0.1, 0.15) is 21.2 Å². The summed E-state index contributed by atoms with van der Waals surface area (Å²) in [5.74, 6) is -0.941. The topological polar surface area (TPSA) is 112 Å². The smallest absolute Gasteiger partial charge is 0.433 e. The number of primary amides is 1. The summed E-state index contributed by atoms with van der Waals surface area (Å²) in [5, 5.41) is 6.97. The maximum atomic E-state index is 13.2. The molecule has 3 heterocycles. The Bertz CT molecular complexity index is 1480. The molecule has 37 heavy (non-hydrogen) atoms. The number of hydrogen-bond acceptors (Lipinski definition) is 6. The molecule has 194 valence electrons. The van der Waals surface area contributed by atoms with Crippen LogP contribution in [-0.4, -0.2) is 26.6 Å². The van der Waals surface area contributed by atoms with Gasteiger partial charge in [0.15, 0.2) is 12.4 Å². The molecule has 0 unspecified atom stereocenters. The minimum absolute atomic E-state index is 0.000891. The number of aromatic nitrogens is 3. The number of halogens is 3. The summed E-state index contributed by atoms with van der Waals surface area (Å²) in [7, 11) is 0. The zero-order valence-corrected chi connectivity index (χ0v) is 21.3. The second-order valence-electron chi connectivity index (χ2n) is 9.42. The number of nitrogens with one attached hydrogen (secondary N) is 1. The van der Waals surface area contributed by atoms with Crippen molar-refractivity contribution in [3.05, 3.63) is 70.0 Å². The van der Waals surface area contributed by atoms with Gasteiger partial charge in [-0.3, -0.25) is 9.59 Å². The first-order valence-electron chi connectivity index (χ1n) is 11.1. The number of alkyl halides is 3. The minimum atomic E-state index is -4.66. The maximum Gasteiger partial charge on any atom is 0.433 e. The number of benzene rings is 1. The van der Waals surface area contributed by atoms with Crippen molar-refractivity contribution in [1.82, 2.24) is 14.8 Å². The highest BCUT2D eigenvalue weighted by Crippen LogP contribution is 2.39. The Morgan fingerprint density at radius 1 is 1.14 bits per heavy atom. The van der Waals surface area contributed by atoms with Crippen LogP contribution in [0.25, 0.3) is 10.2 Å². The zero-order valence-electron chi connectivity index (χ0n) is 20.4. The van der Waals surface area contributed by atoms with Crippen LogP contribution < -0.4 is 15.8 Å². The molecule has 0 radical (unpaired) electrons. The van der Waals surface area contributed by atoms with Gasteiger partial charge in [-0.05, 0) is 47.7 Å². The zero-order chi connectivity index (χ0) is 27.1. The predicted molar refractivity (Wildman–Crippen MR) is 134 cm³/mol. The SMILES string of the molecule is Cc1cc(C(F)(F)F)nc2sc(C(N)=O)c(NC(=O)c3ccn(COc4ccc(C(C)(C)C)cc4)n3)c12. The largest absolute Gasteiger partial charge is 0.471 e. The Labute approximate surface area is 214 Å². The van der Waals surface area contributed by atoms with E-state index >= 15 is 0 Å². The molecule has 2 amide bonds. The first-order valence-corrected chi connectivity index (χ1v) is 11.9. The Balaban J connectivity index is 1.53. The van der Waals surface area contributed by atoms with Crippen molar-refractivity contribution in [2.45, 2.75) is 46.0 Å². The molecule has 8 nitrogen and oxygen atoms in total. The lowest BCUT2D eigenvalue weighted by molar-refractivity contribution is -0.141. The number of pyridine rings is 1. The predicted octanol–water partition coefficient (Wildman–Crippen LogP) is 5.51. The summed E-state index contributed by atoms with van der Waals surface area (Å²) in [5.41, 5.74) is 5.71. The number of nitrogens with zero attached hydrogens (tertiary/aromatic N) is 3. The van der Waals surface area contributed by atoms with Crippen molar-refractivity contribution in [2.75, 3.05) is 5.32 Å². The molecule has 3 N–H and O–H groups in total. The van der Waals surface area contributed by atoms with Gasteiger partial charge in [-0.25, -0.2) is 9.67 Å². The van der Waals surface area contributed by atoms with E-state index in [9.17, 15) is 22.8 Å². The highest BCUT2D eigenvalue weighted by atomic mass is 32.1. The first kappa shape index (κ1) is 26.1. The van der Waals surface area contributed by atoms with Gasteiger partial charge in [0, 0.05) is 11.6 Å². The molecule has 12 heteroatoms. The summed E-state index contributed by atoms with van der Waals surface area (Å²) < 4.78 is 46.7. The third kappa shape index (κ3) is 5.58. The van der Waals surface area contributed by atoms with Crippen LogP contribution in [0.15, 0.2) is 42.6 Å². The molecule has 0 saturated carbocycles. The van der Waals surface area contributed by atoms with E-state index in [1.54, 1.807) is 6.20 Å². The van der Waals surface area contributed by atoms with Gasteiger partial charge in [0.25, 0.3) is 11.8 Å². The van der Waals surface area contributed by atoms with Crippen LogP contribution in [0.2, 0.25) is 0 Å². The number of hydrogen-bond donors (Lipinski definition) is 2. The summed E-state index contributed by atoms with van der Waals surface area (Å²) in [4.78, 5) is 28.4. The number of amides is 2. The molecule has 0 aliphatic rings. The molecule has 4 aromatic rings. The van der Waals surface area contributed by atoms with Crippen molar-refractivity contribution in [3.63, 3.8) is 0 Å². The Morgan fingerprint density at radius 2 is 1.81 bits per heavy atom. The maximum absolute atomic E-state index is 13.2. The van der Waals surface area contributed by atoms with Crippen molar-refractivity contribution in [2.24, 2.45) is 5.73 Å². The highest BCUT2D eigenvalue weighted by molar-refractivity contribution is 7.21. The molecule has 1 aromatic carbocycles. The van der Waals surface area contributed by atoms with Crippen LogP contribution >= 0.6 is 11.3 Å². The van der Waals surface area contributed by atoms with E-state index in [0.717, 1.165) is 11.6 Å². The molecule has 4 rings (SSSR count). The number of nitrogens with two attached hydrogens (primary N) is 1.